The summed E-state index contributed by atoms with van der Waals surface area (Å²) >= 11 is 0. The van der Waals surface area contributed by atoms with Crippen molar-refractivity contribution in [2.75, 3.05) is 14.2 Å². The summed E-state index contributed by atoms with van der Waals surface area (Å²) in [6.07, 6.45) is 0.279. The normalized spacial score (nSPS) is 16.2. The second-order valence-electron chi connectivity index (χ2n) is 6.37. The van der Waals surface area contributed by atoms with Crippen LogP contribution in [0.4, 0.5) is 4.39 Å². The lowest BCUT2D eigenvalue weighted by atomic mass is 9.98. The van der Waals surface area contributed by atoms with Crippen LogP contribution in [0.25, 0.3) is 0 Å². The average molecular weight is 394 g/mol. The number of ketones is 1. The van der Waals surface area contributed by atoms with E-state index in [9.17, 15) is 17.6 Å². The first-order chi connectivity index (χ1) is 12.7. The molecule has 8 heteroatoms. The molecule has 0 spiro atoms. The molecule has 0 radical (unpaired) electrons. The predicted octanol–water partition coefficient (Wildman–Crippen LogP) is 3.61. The van der Waals surface area contributed by atoms with Crippen molar-refractivity contribution in [3.8, 4) is 17.2 Å². The maximum absolute atomic E-state index is 14.4. The number of Topliss-reactive ketones (excluding diaryl/α,β-unsaturated/α-hetero) is 1. The molecule has 0 amide bonds. The smallest absolute Gasteiger partial charge is 0.342 e. The molecule has 1 unspecified atom stereocenters. The van der Waals surface area contributed by atoms with E-state index in [0.717, 1.165) is 23.3 Å². The molecule has 1 aliphatic rings. The van der Waals surface area contributed by atoms with Gasteiger partial charge < -0.3 is 13.7 Å². The van der Waals surface area contributed by atoms with Gasteiger partial charge in [-0.05, 0) is 30.0 Å². The monoisotopic (exact) mass is 394 g/mol. The molecule has 2 aromatic rings. The molecule has 0 fully saturated rings. The standard InChI is InChI=1S/C19H19FO6S/c1-10-5-6-14(19-13(21)7-11(2)18(10)19)26-27(22,23)17-9-16(25-4)15(24-3)8-12(17)20/h5-6,8-9,11H,7H2,1-4H3. The Hall–Kier alpha value is -2.61. The fourth-order valence-corrected chi connectivity index (χ4v) is 4.38. The van der Waals surface area contributed by atoms with Crippen molar-refractivity contribution in [3.63, 3.8) is 0 Å². The summed E-state index contributed by atoms with van der Waals surface area (Å²) in [4.78, 5) is 11.6. The fourth-order valence-electron chi connectivity index (χ4n) is 3.37. The van der Waals surface area contributed by atoms with Gasteiger partial charge in [-0.3, -0.25) is 4.79 Å². The Morgan fingerprint density at radius 1 is 1.07 bits per heavy atom. The molecular formula is C19H19FO6S. The van der Waals surface area contributed by atoms with Gasteiger partial charge in [0.25, 0.3) is 0 Å². The molecule has 0 N–H and O–H groups in total. The van der Waals surface area contributed by atoms with Crippen LogP contribution in [0, 0.1) is 12.7 Å². The number of ether oxygens (including phenoxy) is 2. The first kappa shape index (κ1) is 19.2. The minimum Gasteiger partial charge on any atom is -0.493 e. The second-order valence-corrected chi connectivity index (χ2v) is 7.89. The zero-order valence-electron chi connectivity index (χ0n) is 15.3. The largest absolute Gasteiger partial charge is 0.493 e. The average Bonchev–Trinajstić information content (AvgIpc) is 2.92. The summed E-state index contributed by atoms with van der Waals surface area (Å²) in [6.45, 7) is 3.74. The molecular weight excluding hydrogens is 375 g/mol. The SMILES string of the molecule is COc1cc(F)c(S(=O)(=O)Oc2ccc(C)c3c2C(=O)CC3C)cc1OC. The van der Waals surface area contributed by atoms with Crippen molar-refractivity contribution >= 4 is 15.9 Å². The van der Waals surface area contributed by atoms with Crippen molar-refractivity contribution in [2.24, 2.45) is 0 Å². The van der Waals surface area contributed by atoms with E-state index in [4.69, 9.17) is 13.7 Å². The summed E-state index contributed by atoms with van der Waals surface area (Å²) in [5.74, 6) is -1.28. The van der Waals surface area contributed by atoms with Crippen molar-refractivity contribution in [3.05, 3.63) is 46.8 Å². The van der Waals surface area contributed by atoms with Gasteiger partial charge in [-0.1, -0.05) is 13.0 Å². The summed E-state index contributed by atoms with van der Waals surface area (Å²) in [5.41, 5.74) is 1.89. The lowest BCUT2D eigenvalue weighted by molar-refractivity contribution is 0.0989. The highest BCUT2D eigenvalue weighted by Gasteiger charge is 2.33. The van der Waals surface area contributed by atoms with Gasteiger partial charge in [0.15, 0.2) is 23.0 Å². The van der Waals surface area contributed by atoms with Crippen molar-refractivity contribution < 1.29 is 31.3 Å². The van der Waals surface area contributed by atoms with Gasteiger partial charge >= 0.3 is 10.1 Å². The third-order valence-corrected chi connectivity index (χ3v) is 5.85. The van der Waals surface area contributed by atoms with Crippen LogP contribution in [0.5, 0.6) is 17.2 Å². The van der Waals surface area contributed by atoms with Gasteiger partial charge in [-0.15, -0.1) is 0 Å². The van der Waals surface area contributed by atoms with Crippen molar-refractivity contribution in [1.29, 1.82) is 0 Å². The van der Waals surface area contributed by atoms with Crippen LogP contribution < -0.4 is 13.7 Å². The quantitative estimate of drug-likeness (QED) is 0.721. The van der Waals surface area contributed by atoms with E-state index >= 15 is 0 Å². The molecule has 0 heterocycles. The van der Waals surface area contributed by atoms with Crippen LogP contribution in [0.15, 0.2) is 29.2 Å². The maximum Gasteiger partial charge on any atom is 0.342 e. The van der Waals surface area contributed by atoms with Gasteiger partial charge in [0.1, 0.15) is 10.7 Å². The van der Waals surface area contributed by atoms with E-state index in [-0.39, 0.29) is 40.9 Å². The van der Waals surface area contributed by atoms with Crippen LogP contribution in [0.3, 0.4) is 0 Å². The fraction of sp³-hybridized carbons (Fsp3) is 0.316. The Bertz CT molecular complexity index is 1030. The number of fused-ring (bicyclic) bond motifs is 1. The summed E-state index contributed by atoms with van der Waals surface area (Å²) in [7, 11) is -1.92. The zero-order valence-corrected chi connectivity index (χ0v) is 16.1. The number of aryl methyl sites for hydroxylation is 1. The molecule has 2 aromatic carbocycles. The molecule has 6 nitrogen and oxygen atoms in total. The summed E-state index contributed by atoms with van der Waals surface area (Å²) < 4.78 is 54.9. The highest BCUT2D eigenvalue weighted by Crippen LogP contribution is 2.41. The van der Waals surface area contributed by atoms with Gasteiger partial charge in [-0.2, -0.15) is 8.42 Å². The molecule has 0 saturated heterocycles. The number of benzene rings is 2. The number of methoxy groups -OCH3 is 2. The number of carbonyl (C=O) groups is 1. The molecule has 0 saturated carbocycles. The number of carbonyl (C=O) groups excluding carboxylic acids is 1. The molecule has 0 aliphatic heterocycles. The Morgan fingerprint density at radius 2 is 1.70 bits per heavy atom. The lowest BCUT2D eigenvalue weighted by Gasteiger charge is -2.15. The van der Waals surface area contributed by atoms with E-state index in [0.29, 0.717) is 0 Å². The molecule has 0 bridgehead atoms. The Labute approximate surface area is 157 Å². The third-order valence-electron chi connectivity index (χ3n) is 4.60. The summed E-state index contributed by atoms with van der Waals surface area (Å²) in [5, 5.41) is 0. The number of halogens is 1. The topological polar surface area (TPSA) is 78.9 Å². The molecule has 27 heavy (non-hydrogen) atoms. The minimum atomic E-state index is -4.54. The predicted molar refractivity (Wildman–Crippen MR) is 95.9 cm³/mol. The minimum absolute atomic E-state index is 0.0310. The van der Waals surface area contributed by atoms with Crippen molar-refractivity contribution in [2.45, 2.75) is 31.1 Å². The van der Waals surface area contributed by atoms with Crippen LogP contribution in [0.2, 0.25) is 0 Å². The van der Waals surface area contributed by atoms with Gasteiger partial charge in [0, 0.05) is 18.6 Å². The maximum atomic E-state index is 14.4. The molecule has 3 rings (SSSR count). The van der Waals surface area contributed by atoms with Crippen molar-refractivity contribution in [1.82, 2.24) is 0 Å². The molecule has 144 valence electrons. The van der Waals surface area contributed by atoms with E-state index in [2.05, 4.69) is 0 Å². The first-order valence-electron chi connectivity index (χ1n) is 8.22. The third kappa shape index (κ3) is 3.25. The van der Waals surface area contributed by atoms with Gasteiger partial charge in [-0.25, -0.2) is 4.39 Å². The number of hydrogen-bond acceptors (Lipinski definition) is 6. The van der Waals surface area contributed by atoms with Crippen LogP contribution in [-0.2, 0) is 10.1 Å². The first-order valence-corrected chi connectivity index (χ1v) is 9.63. The van der Waals surface area contributed by atoms with Crippen LogP contribution in [-0.4, -0.2) is 28.4 Å². The highest BCUT2D eigenvalue weighted by atomic mass is 32.2. The molecule has 1 atom stereocenters. The van der Waals surface area contributed by atoms with Gasteiger partial charge in [0.2, 0.25) is 0 Å². The number of rotatable bonds is 5. The van der Waals surface area contributed by atoms with E-state index < -0.39 is 20.8 Å². The zero-order chi connectivity index (χ0) is 19.9. The van der Waals surface area contributed by atoms with E-state index in [1.54, 1.807) is 6.07 Å². The van der Waals surface area contributed by atoms with Crippen LogP contribution >= 0.6 is 0 Å². The van der Waals surface area contributed by atoms with Gasteiger partial charge in [0.05, 0.1) is 19.8 Å². The molecule has 1 aliphatic carbocycles. The Kier molecular flexibility index (Phi) is 4.86. The van der Waals surface area contributed by atoms with Crippen LogP contribution in [0.1, 0.15) is 40.7 Å². The van der Waals surface area contributed by atoms with E-state index in [1.165, 1.54) is 20.3 Å². The lowest BCUT2D eigenvalue weighted by Crippen LogP contribution is -2.14. The molecule has 0 aromatic heterocycles. The Morgan fingerprint density at radius 3 is 2.33 bits per heavy atom. The Balaban J connectivity index is 2.09. The second kappa shape index (κ2) is 6.84. The van der Waals surface area contributed by atoms with E-state index in [1.807, 2.05) is 13.8 Å². The number of hydrogen-bond donors (Lipinski definition) is 0. The highest BCUT2D eigenvalue weighted by molar-refractivity contribution is 7.87. The summed E-state index contributed by atoms with van der Waals surface area (Å²) in [6, 6.07) is 4.99.